The zero-order valence-corrected chi connectivity index (χ0v) is 12.6. The minimum absolute atomic E-state index is 0.347. The molecule has 3 heteroatoms. The lowest BCUT2D eigenvalue weighted by atomic mass is 9.91. The molecule has 1 heterocycles. The highest BCUT2D eigenvalue weighted by Crippen LogP contribution is 2.28. The fraction of sp³-hybridized carbons (Fsp3) is 0.625. The van der Waals surface area contributed by atoms with Gasteiger partial charge in [0.25, 0.3) is 0 Å². The van der Waals surface area contributed by atoms with Crippen molar-refractivity contribution >= 4 is 11.6 Å². The van der Waals surface area contributed by atoms with Crippen LogP contribution in [0.2, 0.25) is 5.02 Å². The summed E-state index contributed by atoms with van der Waals surface area (Å²) in [5.41, 5.74) is 7.28. The Labute approximate surface area is 121 Å². The van der Waals surface area contributed by atoms with Crippen molar-refractivity contribution in [3.05, 3.63) is 34.9 Å². The summed E-state index contributed by atoms with van der Waals surface area (Å²) >= 11 is 5.95. The third kappa shape index (κ3) is 3.95. The predicted octanol–water partition coefficient (Wildman–Crippen LogP) is 3.85. The molecule has 0 spiro atoms. The minimum Gasteiger partial charge on any atom is -0.329 e. The van der Waals surface area contributed by atoms with Crippen LogP contribution in [0.15, 0.2) is 24.3 Å². The second-order valence-electron chi connectivity index (χ2n) is 5.57. The van der Waals surface area contributed by atoms with Crippen LogP contribution in [0.4, 0.5) is 0 Å². The quantitative estimate of drug-likeness (QED) is 0.888. The molecule has 0 amide bonds. The average Bonchev–Trinajstić information content (AvgIpc) is 2.44. The van der Waals surface area contributed by atoms with Crippen LogP contribution in [-0.4, -0.2) is 24.5 Å². The molecule has 1 aliphatic rings. The van der Waals surface area contributed by atoms with Crippen molar-refractivity contribution in [2.45, 2.75) is 38.6 Å². The summed E-state index contributed by atoms with van der Waals surface area (Å²) in [7, 11) is 0. The summed E-state index contributed by atoms with van der Waals surface area (Å²) in [6, 6.07) is 8.49. The second kappa shape index (κ2) is 7.28. The molecule has 0 radical (unpaired) electrons. The number of hydrogen-bond donors (Lipinski definition) is 1. The van der Waals surface area contributed by atoms with Crippen LogP contribution >= 0.6 is 11.6 Å². The topological polar surface area (TPSA) is 29.3 Å². The third-order valence-electron chi connectivity index (χ3n) is 4.26. The van der Waals surface area contributed by atoms with Crippen LogP contribution in [0, 0.1) is 5.92 Å². The van der Waals surface area contributed by atoms with Gasteiger partial charge in [-0.05, 0) is 49.5 Å². The molecule has 106 valence electrons. The summed E-state index contributed by atoms with van der Waals surface area (Å²) in [4.78, 5) is 2.54. The number of nitrogens with zero attached hydrogens (tertiary/aromatic N) is 1. The summed E-state index contributed by atoms with van der Waals surface area (Å²) in [5, 5.41) is 0.793. The molecule has 1 aliphatic heterocycles. The maximum Gasteiger partial charge on any atom is 0.0470 e. The van der Waals surface area contributed by atoms with Gasteiger partial charge < -0.3 is 5.73 Å². The first-order valence-corrected chi connectivity index (χ1v) is 7.82. The molecule has 1 unspecified atom stereocenters. The molecule has 0 aromatic heterocycles. The molecule has 2 rings (SSSR count). The summed E-state index contributed by atoms with van der Waals surface area (Å²) < 4.78 is 0. The smallest absolute Gasteiger partial charge is 0.0470 e. The predicted molar refractivity (Wildman–Crippen MR) is 82.5 cm³/mol. The molecular weight excluding hydrogens is 256 g/mol. The van der Waals surface area contributed by atoms with Gasteiger partial charge in [-0.1, -0.05) is 43.5 Å². The van der Waals surface area contributed by atoms with Crippen molar-refractivity contribution in [2.24, 2.45) is 11.7 Å². The monoisotopic (exact) mass is 280 g/mol. The molecule has 0 saturated carbocycles. The van der Waals surface area contributed by atoms with E-state index in [-0.39, 0.29) is 0 Å². The number of piperidine rings is 1. The van der Waals surface area contributed by atoms with Gasteiger partial charge in [0.1, 0.15) is 0 Å². The number of rotatable bonds is 5. The van der Waals surface area contributed by atoms with Crippen LogP contribution in [0.3, 0.4) is 0 Å². The zero-order valence-electron chi connectivity index (χ0n) is 11.8. The molecular formula is C16H25ClN2. The Morgan fingerprint density at radius 3 is 2.42 bits per heavy atom. The van der Waals surface area contributed by atoms with E-state index in [1.807, 2.05) is 12.1 Å². The van der Waals surface area contributed by atoms with Crippen molar-refractivity contribution in [1.29, 1.82) is 0 Å². The average molecular weight is 281 g/mol. The van der Waals surface area contributed by atoms with E-state index in [1.165, 1.54) is 44.3 Å². The maximum absolute atomic E-state index is 5.99. The molecule has 19 heavy (non-hydrogen) atoms. The first-order chi connectivity index (χ1) is 9.24. The van der Waals surface area contributed by atoms with Gasteiger partial charge in [-0.2, -0.15) is 0 Å². The first kappa shape index (κ1) is 14.8. The summed E-state index contributed by atoms with van der Waals surface area (Å²) in [5.74, 6) is 0.921. The number of halogens is 1. The standard InChI is InChI=1S/C16H25ClN2/c1-2-3-13-8-10-19(11-9-13)16(12-18)14-4-6-15(17)7-5-14/h4-7,13,16H,2-3,8-12,18H2,1H3. The van der Waals surface area contributed by atoms with E-state index in [2.05, 4.69) is 24.0 Å². The molecule has 1 saturated heterocycles. The largest absolute Gasteiger partial charge is 0.329 e. The minimum atomic E-state index is 0.347. The Kier molecular flexibility index (Phi) is 5.68. The Morgan fingerprint density at radius 1 is 1.26 bits per heavy atom. The van der Waals surface area contributed by atoms with Gasteiger partial charge in [0, 0.05) is 17.6 Å². The van der Waals surface area contributed by atoms with E-state index < -0.39 is 0 Å². The lowest BCUT2D eigenvalue weighted by molar-refractivity contribution is 0.132. The fourth-order valence-electron chi connectivity index (χ4n) is 3.14. The van der Waals surface area contributed by atoms with Crippen molar-refractivity contribution < 1.29 is 0 Å². The number of nitrogens with two attached hydrogens (primary N) is 1. The molecule has 1 aromatic rings. The van der Waals surface area contributed by atoms with Crippen LogP contribution in [0.25, 0.3) is 0 Å². The van der Waals surface area contributed by atoms with Crippen molar-refractivity contribution in [3.8, 4) is 0 Å². The SMILES string of the molecule is CCCC1CCN(C(CN)c2ccc(Cl)cc2)CC1. The molecule has 1 aromatic carbocycles. The highest BCUT2D eigenvalue weighted by Gasteiger charge is 2.24. The lowest BCUT2D eigenvalue weighted by Gasteiger charge is -2.37. The van der Waals surface area contributed by atoms with Gasteiger partial charge >= 0.3 is 0 Å². The Bertz CT molecular complexity index is 369. The van der Waals surface area contributed by atoms with Crippen LogP contribution in [-0.2, 0) is 0 Å². The molecule has 1 fully saturated rings. The molecule has 1 atom stereocenters. The number of likely N-dealkylation sites (tertiary alicyclic amines) is 1. The molecule has 0 bridgehead atoms. The van der Waals surface area contributed by atoms with E-state index in [0.29, 0.717) is 12.6 Å². The van der Waals surface area contributed by atoms with E-state index >= 15 is 0 Å². The number of hydrogen-bond acceptors (Lipinski definition) is 2. The number of benzene rings is 1. The van der Waals surface area contributed by atoms with E-state index in [4.69, 9.17) is 17.3 Å². The lowest BCUT2D eigenvalue weighted by Crippen LogP contribution is -2.39. The van der Waals surface area contributed by atoms with Crippen LogP contribution < -0.4 is 5.73 Å². The highest BCUT2D eigenvalue weighted by atomic mass is 35.5. The molecule has 2 N–H and O–H groups in total. The van der Waals surface area contributed by atoms with E-state index in [1.54, 1.807) is 0 Å². The normalized spacial score (nSPS) is 19.5. The van der Waals surface area contributed by atoms with Crippen LogP contribution in [0.1, 0.15) is 44.2 Å². The van der Waals surface area contributed by atoms with Crippen molar-refractivity contribution in [1.82, 2.24) is 4.90 Å². The van der Waals surface area contributed by atoms with Gasteiger partial charge in [-0.15, -0.1) is 0 Å². The first-order valence-electron chi connectivity index (χ1n) is 7.44. The Balaban J connectivity index is 1.97. The van der Waals surface area contributed by atoms with Crippen LogP contribution in [0.5, 0.6) is 0 Å². The van der Waals surface area contributed by atoms with E-state index in [9.17, 15) is 0 Å². The molecule has 0 aliphatic carbocycles. The Hall–Kier alpha value is -0.570. The maximum atomic E-state index is 5.99. The van der Waals surface area contributed by atoms with Gasteiger partial charge in [0.2, 0.25) is 0 Å². The third-order valence-corrected chi connectivity index (χ3v) is 4.52. The Morgan fingerprint density at radius 2 is 1.89 bits per heavy atom. The zero-order chi connectivity index (χ0) is 13.7. The highest BCUT2D eigenvalue weighted by molar-refractivity contribution is 6.30. The van der Waals surface area contributed by atoms with Crippen molar-refractivity contribution in [2.75, 3.05) is 19.6 Å². The van der Waals surface area contributed by atoms with Crippen molar-refractivity contribution in [3.63, 3.8) is 0 Å². The summed E-state index contributed by atoms with van der Waals surface area (Å²) in [6.07, 6.45) is 5.32. The fourth-order valence-corrected chi connectivity index (χ4v) is 3.27. The van der Waals surface area contributed by atoms with Gasteiger partial charge in [0.15, 0.2) is 0 Å². The van der Waals surface area contributed by atoms with Gasteiger partial charge in [-0.25, -0.2) is 0 Å². The second-order valence-corrected chi connectivity index (χ2v) is 6.01. The molecule has 2 nitrogen and oxygen atoms in total. The van der Waals surface area contributed by atoms with Gasteiger partial charge in [-0.3, -0.25) is 4.90 Å². The summed E-state index contributed by atoms with van der Waals surface area (Å²) in [6.45, 7) is 5.31. The van der Waals surface area contributed by atoms with E-state index in [0.717, 1.165) is 10.9 Å². The van der Waals surface area contributed by atoms with Gasteiger partial charge in [0.05, 0.1) is 0 Å².